The van der Waals surface area contributed by atoms with Gasteiger partial charge in [-0.3, -0.25) is 0 Å². The highest BCUT2D eigenvalue weighted by Gasteiger charge is 2.09. The molecule has 0 amide bonds. The summed E-state index contributed by atoms with van der Waals surface area (Å²) in [4.78, 5) is 4.44. The molecule has 1 aromatic heterocycles. The molecule has 1 aromatic rings. The Hall–Kier alpha value is -1.09. The van der Waals surface area contributed by atoms with Gasteiger partial charge in [0.25, 0.3) is 0 Å². The van der Waals surface area contributed by atoms with Crippen LogP contribution in [0.15, 0.2) is 12.1 Å². The average molecular weight is 278 g/mol. The lowest BCUT2D eigenvalue weighted by Crippen LogP contribution is -2.35. The van der Waals surface area contributed by atoms with E-state index < -0.39 is 0 Å². The van der Waals surface area contributed by atoms with Gasteiger partial charge in [0.2, 0.25) is 5.88 Å². The maximum Gasteiger partial charge on any atom is 0.213 e. The van der Waals surface area contributed by atoms with E-state index >= 15 is 0 Å². The minimum Gasteiger partial charge on any atom is -0.478 e. The second-order valence-electron chi connectivity index (χ2n) is 6.94. The number of ether oxygens (including phenoxy) is 1. The van der Waals surface area contributed by atoms with Gasteiger partial charge in [-0.2, -0.15) is 0 Å². The first-order valence-electron chi connectivity index (χ1n) is 7.61. The van der Waals surface area contributed by atoms with E-state index in [0.29, 0.717) is 0 Å². The quantitative estimate of drug-likeness (QED) is 0.763. The minimum absolute atomic E-state index is 0.120. The van der Waals surface area contributed by atoms with Gasteiger partial charge < -0.3 is 10.1 Å². The van der Waals surface area contributed by atoms with Gasteiger partial charge in [-0.25, -0.2) is 4.98 Å². The smallest absolute Gasteiger partial charge is 0.213 e. The SMILES string of the molecule is Cc1cc(CNC(C)(C)C)cc(OCCCC(C)C)n1. The number of aryl methyl sites for hydroxylation is 1. The lowest BCUT2D eigenvalue weighted by molar-refractivity contribution is 0.286. The highest BCUT2D eigenvalue weighted by atomic mass is 16.5. The van der Waals surface area contributed by atoms with Crippen molar-refractivity contribution in [2.45, 2.75) is 66.5 Å². The Bertz CT molecular complexity index is 408. The van der Waals surface area contributed by atoms with Gasteiger partial charge in [0.1, 0.15) is 0 Å². The van der Waals surface area contributed by atoms with Crippen LogP contribution in [0.5, 0.6) is 5.88 Å². The number of hydrogen-bond acceptors (Lipinski definition) is 3. The third kappa shape index (κ3) is 7.49. The second-order valence-corrected chi connectivity index (χ2v) is 6.94. The van der Waals surface area contributed by atoms with Crippen LogP contribution < -0.4 is 10.1 Å². The molecule has 0 fully saturated rings. The van der Waals surface area contributed by atoms with Gasteiger partial charge >= 0.3 is 0 Å². The Balaban J connectivity index is 2.53. The van der Waals surface area contributed by atoms with Crippen molar-refractivity contribution in [3.63, 3.8) is 0 Å². The first-order valence-corrected chi connectivity index (χ1v) is 7.61. The zero-order valence-corrected chi connectivity index (χ0v) is 13.9. The molecule has 1 N–H and O–H groups in total. The molecule has 20 heavy (non-hydrogen) atoms. The molecular formula is C17H30N2O. The van der Waals surface area contributed by atoms with E-state index in [1.807, 2.05) is 13.0 Å². The third-order valence-electron chi connectivity index (χ3n) is 2.99. The van der Waals surface area contributed by atoms with Crippen LogP contribution >= 0.6 is 0 Å². The molecule has 3 nitrogen and oxygen atoms in total. The van der Waals surface area contributed by atoms with Crippen LogP contribution in [0.4, 0.5) is 0 Å². The van der Waals surface area contributed by atoms with Gasteiger partial charge in [0.15, 0.2) is 0 Å². The minimum atomic E-state index is 0.120. The molecular weight excluding hydrogens is 248 g/mol. The zero-order chi connectivity index (χ0) is 15.2. The highest BCUT2D eigenvalue weighted by molar-refractivity contribution is 5.24. The Labute approximate surface area is 124 Å². The molecule has 0 bridgehead atoms. The normalized spacial score (nSPS) is 11.9. The maximum atomic E-state index is 5.77. The molecule has 0 aliphatic heterocycles. The predicted molar refractivity (Wildman–Crippen MR) is 85.1 cm³/mol. The van der Waals surface area contributed by atoms with Crippen LogP contribution in [0.3, 0.4) is 0 Å². The monoisotopic (exact) mass is 278 g/mol. The topological polar surface area (TPSA) is 34.1 Å². The van der Waals surface area contributed by atoms with E-state index in [0.717, 1.165) is 37.1 Å². The van der Waals surface area contributed by atoms with Gasteiger partial charge in [-0.1, -0.05) is 13.8 Å². The summed E-state index contributed by atoms with van der Waals surface area (Å²) in [6.07, 6.45) is 2.28. The summed E-state index contributed by atoms with van der Waals surface area (Å²) in [5.41, 5.74) is 2.36. The number of pyridine rings is 1. The summed E-state index contributed by atoms with van der Waals surface area (Å²) in [6.45, 7) is 14.6. The number of nitrogens with zero attached hydrogens (tertiary/aromatic N) is 1. The first-order chi connectivity index (χ1) is 9.26. The van der Waals surface area contributed by atoms with E-state index in [9.17, 15) is 0 Å². The molecule has 0 saturated carbocycles. The molecule has 0 atom stereocenters. The standard InChI is InChI=1S/C17H30N2O/c1-13(2)8-7-9-20-16-11-15(10-14(3)19-16)12-18-17(4,5)6/h10-11,13,18H,7-9,12H2,1-6H3. The summed E-state index contributed by atoms with van der Waals surface area (Å²) >= 11 is 0. The van der Waals surface area contributed by atoms with Gasteiger partial charge in [0.05, 0.1) is 6.61 Å². The maximum absolute atomic E-state index is 5.77. The summed E-state index contributed by atoms with van der Waals surface area (Å²) in [5, 5.41) is 3.49. The predicted octanol–water partition coefficient (Wildman–Crippen LogP) is 4.09. The van der Waals surface area contributed by atoms with Crippen molar-refractivity contribution in [3.05, 3.63) is 23.4 Å². The summed E-state index contributed by atoms with van der Waals surface area (Å²) in [7, 11) is 0. The van der Waals surface area contributed by atoms with E-state index in [2.05, 4.69) is 51.0 Å². The summed E-state index contributed by atoms with van der Waals surface area (Å²) < 4.78 is 5.77. The number of aromatic nitrogens is 1. The highest BCUT2D eigenvalue weighted by Crippen LogP contribution is 2.14. The second kappa shape index (κ2) is 7.63. The number of nitrogens with one attached hydrogen (secondary N) is 1. The molecule has 0 spiro atoms. The van der Waals surface area contributed by atoms with Crippen LogP contribution in [0, 0.1) is 12.8 Å². The Morgan fingerprint density at radius 1 is 1.25 bits per heavy atom. The van der Waals surface area contributed by atoms with Gasteiger partial charge in [0, 0.05) is 23.8 Å². The van der Waals surface area contributed by atoms with Crippen molar-refractivity contribution < 1.29 is 4.74 Å². The fraction of sp³-hybridized carbons (Fsp3) is 0.706. The third-order valence-corrected chi connectivity index (χ3v) is 2.99. The van der Waals surface area contributed by atoms with Crippen molar-refractivity contribution in [3.8, 4) is 5.88 Å². The zero-order valence-electron chi connectivity index (χ0n) is 13.9. The molecule has 0 aliphatic rings. The fourth-order valence-electron chi connectivity index (χ4n) is 1.92. The number of rotatable bonds is 7. The van der Waals surface area contributed by atoms with Gasteiger partial charge in [-0.15, -0.1) is 0 Å². The average Bonchev–Trinajstić information content (AvgIpc) is 2.30. The van der Waals surface area contributed by atoms with Crippen molar-refractivity contribution >= 4 is 0 Å². The van der Waals surface area contributed by atoms with Crippen molar-refractivity contribution in [2.75, 3.05) is 6.61 Å². The van der Waals surface area contributed by atoms with Crippen LogP contribution in [-0.2, 0) is 6.54 Å². The Kier molecular flexibility index (Phi) is 6.47. The van der Waals surface area contributed by atoms with Crippen LogP contribution in [-0.4, -0.2) is 17.1 Å². The van der Waals surface area contributed by atoms with Crippen molar-refractivity contribution in [2.24, 2.45) is 5.92 Å². The fourth-order valence-corrected chi connectivity index (χ4v) is 1.92. The first kappa shape index (κ1) is 17.0. The molecule has 1 rings (SSSR count). The molecule has 0 radical (unpaired) electrons. The number of hydrogen-bond donors (Lipinski definition) is 1. The molecule has 3 heteroatoms. The van der Waals surface area contributed by atoms with E-state index in [1.165, 1.54) is 12.0 Å². The van der Waals surface area contributed by atoms with Crippen LogP contribution in [0.2, 0.25) is 0 Å². The van der Waals surface area contributed by atoms with Crippen molar-refractivity contribution in [1.29, 1.82) is 0 Å². The Morgan fingerprint density at radius 2 is 1.95 bits per heavy atom. The molecule has 0 unspecified atom stereocenters. The van der Waals surface area contributed by atoms with E-state index in [-0.39, 0.29) is 5.54 Å². The molecule has 114 valence electrons. The largest absolute Gasteiger partial charge is 0.478 e. The van der Waals surface area contributed by atoms with Gasteiger partial charge in [-0.05, 0) is 58.1 Å². The summed E-state index contributed by atoms with van der Waals surface area (Å²) in [5.74, 6) is 1.48. The van der Waals surface area contributed by atoms with E-state index in [1.54, 1.807) is 0 Å². The van der Waals surface area contributed by atoms with Crippen LogP contribution in [0.1, 0.15) is 58.7 Å². The Morgan fingerprint density at radius 3 is 2.55 bits per heavy atom. The molecule has 0 aliphatic carbocycles. The molecule has 0 aromatic carbocycles. The van der Waals surface area contributed by atoms with Crippen LogP contribution in [0.25, 0.3) is 0 Å². The van der Waals surface area contributed by atoms with E-state index in [4.69, 9.17) is 4.74 Å². The molecule has 1 heterocycles. The lowest BCUT2D eigenvalue weighted by Gasteiger charge is -2.20. The molecule has 0 saturated heterocycles. The van der Waals surface area contributed by atoms with Crippen molar-refractivity contribution in [1.82, 2.24) is 10.3 Å². The lowest BCUT2D eigenvalue weighted by atomic mass is 10.1. The summed E-state index contributed by atoms with van der Waals surface area (Å²) in [6, 6.07) is 4.15.